The molecule has 2 saturated heterocycles. The van der Waals surface area contributed by atoms with Gasteiger partial charge in [0, 0.05) is 77.8 Å². The summed E-state index contributed by atoms with van der Waals surface area (Å²) in [5, 5.41) is 7.44. The van der Waals surface area contributed by atoms with Crippen molar-refractivity contribution in [3.05, 3.63) is 71.5 Å². The Kier molecular flexibility index (Phi) is 9.27. The minimum atomic E-state index is 0.0208. The topological polar surface area (TPSA) is 80.0 Å². The monoisotopic (exact) mass is 630 g/mol. The van der Waals surface area contributed by atoms with Crippen LogP contribution in [-0.4, -0.2) is 61.5 Å². The third kappa shape index (κ3) is 7.07. The van der Waals surface area contributed by atoms with Crippen LogP contribution in [-0.2, 0) is 0 Å². The fraction of sp³-hybridized carbons (Fsp3) is 0.487. The van der Waals surface area contributed by atoms with Gasteiger partial charge in [-0.15, -0.1) is 0 Å². The maximum atomic E-state index is 5.32. The number of nitrogens with one attached hydrogen (secondary N) is 2. The Morgan fingerprint density at radius 3 is 1.77 bits per heavy atom. The molecule has 246 valence electrons. The Balaban J connectivity index is 1.32. The molecule has 0 spiro atoms. The van der Waals surface area contributed by atoms with Crippen LogP contribution in [0, 0.1) is 5.92 Å². The number of anilines is 4. The van der Waals surface area contributed by atoms with Crippen molar-refractivity contribution in [1.29, 1.82) is 0 Å². The summed E-state index contributed by atoms with van der Waals surface area (Å²) in [6, 6.07) is 14.0. The van der Waals surface area contributed by atoms with Crippen LogP contribution in [0.4, 0.5) is 22.7 Å². The molecule has 0 aromatic heterocycles. The van der Waals surface area contributed by atoms with Crippen molar-refractivity contribution in [2.24, 2.45) is 25.9 Å². The SMILES string of the molecule is CC(C)Nc1cc(N2CCCCC2)ccc1C1=NC2=NC(c3ccc(N4CCCCC4)cc3NC(C)C)=N/C3=C/C=C\C(=N1)C2CC3. The summed E-state index contributed by atoms with van der Waals surface area (Å²) in [5.41, 5.74) is 8.74. The summed E-state index contributed by atoms with van der Waals surface area (Å²) in [5.74, 6) is 2.23. The second kappa shape index (κ2) is 13.9. The Morgan fingerprint density at radius 2 is 1.21 bits per heavy atom. The molecule has 1 unspecified atom stereocenters. The van der Waals surface area contributed by atoms with Gasteiger partial charge in [-0.3, -0.25) is 0 Å². The maximum Gasteiger partial charge on any atom is 0.163 e. The Hall–Kier alpha value is -4.20. The van der Waals surface area contributed by atoms with Gasteiger partial charge in [0.2, 0.25) is 0 Å². The molecule has 8 heteroatoms. The lowest BCUT2D eigenvalue weighted by Gasteiger charge is -2.30. The summed E-state index contributed by atoms with van der Waals surface area (Å²) in [6.45, 7) is 13.2. The quantitative estimate of drug-likeness (QED) is 0.308. The predicted octanol–water partition coefficient (Wildman–Crippen LogP) is 8.22. The highest BCUT2D eigenvalue weighted by Gasteiger charge is 2.31. The molecule has 7 rings (SSSR count). The third-order valence-corrected chi connectivity index (χ3v) is 9.66. The largest absolute Gasteiger partial charge is 0.382 e. The second-order valence-electron chi connectivity index (χ2n) is 14.1. The van der Waals surface area contributed by atoms with E-state index in [2.05, 4.69) is 103 Å². The lowest BCUT2D eigenvalue weighted by molar-refractivity contribution is 0.578. The smallest absolute Gasteiger partial charge is 0.163 e. The van der Waals surface area contributed by atoms with Gasteiger partial charge < -0.3 is 20.4 Å². The van der Waals surface area contributed by atoms with E-state index in [1.807, 2.05) is 0 Å². The van der Waals surface area contributed by atoms with Crippen molar-refractivity contribution in [3.8, 4) is 0 Å². The van der Waals surface area contributed by atoms with Gasteiger partial charge in [-0.25, -0.2) is 20.0 Å². The molecule has 0 amide bonds. The number of benzene rings is 2. The number of hydrogen-bond donors (Lipinski definition) is 2. The summed E-state index contributed by atoms with van der Waals surface area (Å²) >= 11 is 0. The second-order valence-corrected chi connectivity index (χ2v) is 14.1. The number of nitrogens with zero attached hydrogens (tertiary/aromatic N) is 6. The zero-order valence-corrected chi connectivity index (χ0v) is 28.6. The molecular weight excluding hydrogens is 580 g/mol. The van der Waals surface area contributed by atoms with Crippen LogP contribution in [0.2, 0.25) is 0 Å². The molecule has 2 N–H and O–H groups in total. The molecule has 47 heavy (non-hydrogen) atoms. The van der Waals surface area contributed by atoms with Gasteiger partial charge in [-0.2, -0.15) is 0 Å². The fourth-order valence-electron chi connectivity index (χ4n) is 7.33. The molecule has 0 radical (unpaired) electrons. The van der Waals surface area contributed by atoms with E-state index < -0.39 is 0 Å². The highest BCUT2D eigenvalue weighted by molar-refractivity contribution is 6.27. The van der Waals surface area contributed by atoms with E-state index in [1.165, 1.54) is 49.9 Å². The van der Waals surface area contributed by atoms with Crippen molar-refractivity contribution in [3.63, 3.8) is 0 Å². The van der Waals surface area contributed by atoms with Crippen LogP contribution in [0.3, 0.4) is 0 Å². The van der Waals surface area contributed by atoms with Crippen molar-refractivity contribution < 1.29 is 0 Å². The predicted molar refractivity (Wildman–Crippen MR) is 200 cm³/mol. The molecule has 0 saturated carbocycles. The summed E-state index contributed by atoms with van der Waals surface area (Å²) < 4.78 is 0. The highest BCUT2D eigenvalue weighted by Crippen LogP contribution is 2.34. The first-order valence-corrected chi connectivity index (χ1v) is 17.9. The minimum Gasteiger partial charge on any atom is -0.382 e. The first-order chi connectivity index (χ1) is 22.9. The van der Waals surface area contributed by atoms with Gasteiger partial charge in [0.15, 0.2) is 11.7 Å². The summed E-state index contributed by atoms with van der Waals surface area (Å²) in [7, 11) is 0. The van der Waals surface area contributed by atoms with Crippen LogP contribution in [0.1, 0.15) is 90.2 Å². The zero-order chi connectivity index (χ0) is 32.3. The van der Waals surface area contributed by atoms with Crippen LogP contribution in [0.5, 0.6) is 0 Å². The van der Waals surface area contributed by atoms with Crippen LogP contribution >= 0.6 is 0 Å². The molecule has 4 aliphatic heterocycles. The van der Waals surface area contributed by atoms with Crippen molar-refractivity contribution in [1.82, 2.24) is 0 Å². The number of rotatable bonds is 8. The van der Waals surface area contributed by atoms with E-state index in [1.54, 1.807) is 0 Å². The van der Waals surface area contributed by atoms with Crippen molar-refractivity contribution in [2.45, 2.75) is 91.1 Å². The molecular formula is C39H50N8. The van der Waals surface area contributed by atoms with Crippen molar-refractivity contribution in [2.75, 3.05) is 46.6 Å². The lowest BCUT2D eigenvalue weighted by Crippen LogP contribution is -2.31. The molecule has 2 bridgehead atoms. The zero-order valence-electron chi connectivity index (χ0n) is 28.6. The van der Waals surface area contributed by atoms with E-state index in [0.717, 1.165) is 78.8 Å². The van der Waals surface area contributed by atoms with E-state index in [-0.39, 0.29) is 18.0 Å². The van der Waals surface area contributed by atoms with Gasteiger partial charge in [0.1, 0.15) is 5.84 Å². The summed E-state index contributed by atoms with van der Waals surface area (Å²) in [6.07, 6.45) is 15.7. The van der Waals surface area contributed by atoms with Gasteiger partial charge in [-0.05, 0) is 128 Å². The van der Waals surface area contributed by atoms with Crippen LogP contribution in [0.25, 0.3) is 0 Å². The molecule has 2 aromatic carbocycles. The van der Waals surface area contributed by atoms with Gasteiger partial charge in [0.25, 0.3) is 0 Å². The average Bonchev–Trinajstić information content (AvgIpc) is 3.05. The minimum absolute atomic E-state index is 0.0208. The van der Waals surface area contributed by atoms with Crippen LogP contribution in [0.15, 0.2) is 80.3 Å². The molecule has 8 nitrogen and oxygen atoms in total. The molecule has 1 atom stereocenters. The van der Waals surface area contributed by atoms with E-state index in [9.17, 15) is 0 Å². The Bertz CT molecular complexity index is 1660. The highest BCUT2D eigenvalue weighted by atomic mass is 15.1. The van der Waals surface area contributed by atoms with Crippen molar-refractivity contribution >= 4 is 46.0 Å². The van der Waals surface area contributed by atoms with Gasteiger partial charge in [-0.1, -0.05) is 6.08 Å². The number of fused-ring (bicyclic) bond motifs is 2. The number of aliphatic imine (C=N–C) groups is 4. The standard InChI is InChI=1S/C39H50N8/c1-26(2)40-35-24-29(46-20-7-5-8-21-46)15-18-32(35)37-42-28-12-11-13-34-31(17-14-28)39(44-37)45-38(43-34)33-19-16-30(25-36(33)41-27(3)4)47-22-9-6-10-23-47/h11-13,15-16,18-19,24-27,31,40-41H,5-10,14,17,20-23H2,1-4H3/b12-11?,13-11-,28-12+,34-13?,42-28?,42-37?,44-37?,44-39?. The lowest BCUT2D eigenvalue weighted by atomic mass is 9.91. The number of allylic oxidation sites excluding steroid dienone is 4. The van der Waals surface area contributed by atoms with E-state index >= 15 is 0 Å². The molecule has 5 aliphatic rings. The fourth-order valence-corrected chi connectivity index (χ4v) is 7.33. The first kappa shape index (κ1) is 31.4. The summed E-state index contributed by atoms with van der Waals surface area (Å²) in [4.78, 5) is 26.0. The van der Waals surface area contributed by atoms with Crippen LogP contribution < -0.4 is 20.4 Å². The first-order valence-electron chi connectivity index (χ1n) is 17.9. The normalized spacial score (nSPS) is 23.0. The van der Waals surface area contributed by atoms with Gasteiger partial charge in [0.05, 0.1) is 11.6 Å². The molecule has 2 aromatic rings. The molecule has 1 aliphatic carbocycles. The number of amidine groups is 3. The average molecular weight is 631 g/mol. The molecule has 2 fully saturated rings. The number of piperidine rings is 2. The van der Waals surface area contributed by atoms with Gasteiger partial charge >= 0.3 is 0 Å². The Morgan fingerprint density at radius 1 is 0.660 bits per heavy atom. The van der Waals surface area contributed by atoms with E-state index in [0.29, 0.717) is 11.7 Å². The molecule has 4 heterocycles. The number of hydrogen-bond acceptors (Lipinski definition) is 8. The maximum absolute atomic E-state index is 5.32. The van der Waals surface area contributed by atoms with E-state index in [4.69, 9.17) is 20.0 Å². The third-order valence-electron chi connectivity index (χ3n) is 9.66. The Labute approximate surface area is 280 Å².